The van der Waals surface area contributed by atoms with Crippen molar-refractivity contribution in [3.63, 3.8) is 0 Å². The molecule has 0 unspecified atom stereocenters. The summed E-state index contributed by atoms with van der Waals surface area (Å²) in [5.74, 6) is 0.633. The maximum absolute atomic E-state index is 4.60. The summed E-state index contributed by atoms with van der Waals surface area (Å²) in [6.07, 6.45) is 4.40. The molecule has 1 heterocycles. The first-order valence-electron chi connectivity index (χ1n) is 4.91. The first kappa shape index (κ1) is 11.1. The molecule has 1 rings (SSSR count). The highest BCUT2D eigenvalue weighted by molar-refractivity contribution is 7.77. The monoisotopic (exact) mass is 199 g/mol. The Balaban J connectivity index is 2.88. The number of thiol groups is 1. The van der Waals surface area contributed by atoms with E-state index < -0.39 is 0 Å². The fraction of sp³-hybridized carbons (Fsp3) is 0.818. The molecule has 0 aromatic rings. The van der Waals surface area contributed by atoms with E-state index in [0.717, 1.165) is 12.8 Å². The first-order chi connectivity index (χ1) is 5.79. The Morgan fingerprint density at radius 2 is 1.62 bits per heavy atom. The van der Waals surface area contributed by atoms with Gasteiger partial charge in [0.15, 0.2) is 0 Å². The van der Waals surface area contributed by atoms with Crippen molar-refractivity contribution < 1.29 is 0 Å². The molecule has 0 bridgehead atoms. The minimum absolute atomic E-state index is 0.170. The standard InChI is InChI=1S/C11H21NS/c1-6-9-7-10(2,3)12(13)11(4,5)8-9/h6,9,13H,1,7-8H2,2-5H3. The maximum Gasteiger partial charge on any atom is 0.0266 e. The molecule has 0 saturated carbocycles. The summed E-state index contributed by atoms with van der Waals surface area (Å²) in [4.78, 5) is 0. The van der Waals surface area contributed by atoms with Crippen LogP contribution >= 0.6 is 12.8 Å². The van der Waals surface area contributed by atoms with Crippen molar-refractivity contribution in [2.24, 2.45) is 5.92 Å². The molecule has 0 amide bonds. The van der Waals surface area contributed by atoms with E-state index in [0.29, 0.717) is 5.92 Å². The molecule has 2 heteroatoms. The predicted octanol–water partition coefficient (Wildman–Crippen LogP) is 3.29. The van der Waals surface area contributed by atoms with Crippen molar-refractivity contribution in [3.05, 3.63) is 12.7 Å². The third-order valence-corrected chi connectivity index (χ3v) is 4.09. The number of hydrogen-bond acceptors (Lipinski definition) is 2. The number of allylic oxidation sites excluding steroid dienone is 1. The number of hydrogen-bond donors (Lipinski definition) is 1. The minimum Gasteiger partial charge on any atom is -0.242 e. The average Bonchev–Trinajstić information content (AvgIpc) is 1.99. The van der Waals surface area contributed by atoms with E-state index in [9.17, 15) is 0 Å². The smallest absolute Gasteiger partial charge is 0.0266 e. The van der Waals surface area contributed by atoms with E-state index in [1.807, 2.05) is 0 Å². The average molecular weight is 199 g/mol. The molecule has 1 saturated heterocycles. The van der Waals surface area contributed by atoms with Crippen LogP contribution in [-0.2, 0) is 0 Å². The Morgan fingerprint density at radius 3 is 1.92 bits per heavy atom. The Labute approximate surface area is 87.7 Å². The topological polar surface area (TPSA) is 3.24 Å². The van der Waals surface area contributed by atoms with Gasteiger partial charge in [0, 0.05) is 11.1 Å². The molecule has 0 spiro atoms. The van der Waals surface area contributed by atoms with Gasteiger partial charge < -0.3 is 0 Å². The third kappa shape index (κ3) is 2.10. The lowest BCUT2D eigenvalue weighted by Crippen LogP contribution is -2.55. The molecular formula is C11H21NS. The van der Waals surface area contributed by atoms with Crippen LogP contribution in [0.15, 0.2) is 12.7 Å². The lowest BCUT2D eigenvalue weighted by atomic mass is 9.76. The summed E-state index contributed by atoms with van der Waals surface area (Å²) in [5.41, 5.74) is 0.341. The van der Waals surface area contributed by atoms with Gasteiger partial charge in [-0.2, -0.15) is 0 Å². The van der Waals surface area contributed by atoms with E-state index in [4.69, 9.17) is 0 Å². The van der Waals surface area contributed by atoms with Crippen molar-refractivity contribution >= 4 is 12.8 Å². The fourth-order valence-corrected chi connectivity index (χ4v) is 2.68. The molecule has 0 aromatic heterocycles. The van der Waals surface area contributed by atoms with Gasteiger partial charge in [0.1, 0.15) is 0 Å². The largest absolute Gasteiger partial charge is 0.242 e. The molecule has 1 fully saturated rings. The van der Waals surface area contributed by atoms with Crippen molar-refractivity contribution in [1.29, 1.82) is 0 Å². The first-order valence-corrected chi connectivity index (χ1v) is 5.31. The molecule has 1 nitrogen and oxygen atoms in total. The van der Waals surface area contributed by atoms with Gasteiger partial charge in [0.05, 0.1) is 0 Å². The summed E-state index contributed by atoms with van der Waals surface area (Å²) in [6.45, 7) is 12.9. The Morgan fingerprint density at radius 1 is 1.23 bits per heavy atom. The Hall–Kier alpha value is 0.0500. The van der Waals surface area contributed by atoms with E-state index in [2.05, 4.69) is 57.5 Å². The lowest BCUT2D eigenvalue weighted by Gasteiger charge is -2.52. The van der Waals surface area contributed by atoms with Crippen molar-refractivity contribution in [2.45, 2.75) is 51.6 Å². The van der Waals surface area contributed by atoms with Crippen LogP contribution < -0.4 is 0 Å². The van der Waals surface area contributed by atoms with Crippen molar-refractivity contribution in [3.8, 4) is 0 Å². The molecule has 0 radical (unpaired) electrons. The van der Waals surface area contributed by atoms with Gasteiger partial charge in [0.2, 0.25) is 0 Å². The van der Waals surface area contributed by atoms with Gasteiger partial charge >= 0.3 is 0 Å². The highest BCUT2D eigenvalue weighted by atomic mass is 32.1. The van der Waals surface area contributed by atoms with E-state index in [1.54, 1.807) is 0 Å². The molecule has 1 aliphatic rings. The second-order valence-corrected chi connectivity index (χ2v) is 5.74. The van der Waals surface area contributed by atoms with Gasteiger partial charge in [-0.3, -0.25) is 0 Å². The highest BCUT2D eigenvalue weighted by Gasteiger charge is 2.42. The molecular weight excluding hydrogens is 178 g/mol. The van der Waals surface area contributed by atoms with Crippen molar-refractivity contribution in [1.82, 2.24) is 4.31 Å². The van der Waals surface area contributed by atoms with E-state index in [1.165, 1.54) is 0 Å². The highest BCUT2D eigenvalue weighted by Crippen LogP contribution is 2.42. The zero-order chi connectivity index (χ0) is 10.3. The molecule has 1 aliphatic heterocycles. The minimum atomic E-state index is 0.170. The maximum atomic E-state index is 4.60. The zero-order valence-corrected chi connectivity index (χ0v) is 10.1. The Kier molecular flexibility index (Phi) is 2.84. The molecule has 13 heavy (non-hydrogen) atoms. The summed E-state index contributed by atoms with van der Waals surface area (Å²) in [5, 5.41) is 0. The van der Waals surface area contributed by atoms with Crippen LogP contribution in [0.3, 0.4) is 0 Å². The van der Waals surface area contributed by atoms with Crippen LogP contribution in [0.1, 0.15) is 40.5 Å². The lowest BCUT2D eigenvalue weighted by molar-refractivity contribution is 0.0475. The summed E-state index contributed by atoms with van der Waals surface area (Å²) in [7, 11) is 0. The SMILES string of the molecule is C=CC1CC(C)(C)N(S)C(C)(C)C1. The van der Waals surface area contributed by atoms with Crippen LogP contribution in [0, 0.1) is 5.92 Å². The predicted molar refractivity (Wildman–Crippen MR) is 61.9 cm³/mol. The normalized spacial score (nSPS) is 28.7. The van der Waals surface area contributed by atoms with Gasteiger partial charge in [-0.15, -0.1) is 6.58 Å². The second kappa shape index (κ2) is 3.32. The summed E-state index contributed by atoms with van der Waals surface area (Å²) >= 11 is 4.60. The van der Waals surface area contributed by atoms with Gasteiger partial charge in [-0.05, 0) is 46.5 Å². The number of nitrogens with zero attached hydrogens (tertiary/aromatic N) is 1. The zero-order valence-electron chi connectivity index (χ0n) is 9.17. The quantitative estimate of drug-likeness (QED) is 0.501. The number of piperidine rings is 1. The van der Waals surface area contributed by atoms with Crippen LogP contribution in [0.25, 0.3) is 0 Å². The van der Waals surface area contributed by atoms with Crippen LogP contribution in [0.4, 0.5) is 0 Å². The fourth-order valence-electron chi connectivity index (χ4n) is 2.51. The van der Waals surface area contributed by atoms with Gasteiger partial charge in [-0.1, -0.05) is 18.9 Å². The number of rotatable bonds is 1. The van der Waals surface area contributed by atoms with Gasteiger partial charge in [-0.25, -0.2) is 4.31 Å². The second-order valence-electron chi connectivity index (χ2n) is 5.34. The Bertz CT molecular complexity index is 190. The molecule has 0 aromatic carbocycles. The van der Waals surface area contributed by atoms with Crippen LogP contribution in [0.2, 0.25) is 0 Å². The summed E-state index contributed by atoms with van der Waals surface area (Å²) in [6, 6.07) is 0. The van der Waals surface area contributed by atoms with E-state index >= 15 is 0 Å². The van der Waals surface area contributed by atoms with Crippen molar-refractivity contribution in [2.75, 3.05) is 0 Å². The molecule has 0 N–H and O–H groups in total. The molecule has 0 aliphatic carbocycles. The molecule has 76 valence electrons. The van der Waals surface area contributed by atoms with Crippen LogP contribution in [-0.4, -0.2) is 15.4 Å². The summed E-state index contributed by atoms with van der Waals surface area (Å²) < 4.78 is 2.19. The molecule has 0 atom stereocenters. The third-order valence-electron chi connectivity index (χ3n) is 3.00. The van der Waals surface area contributed by atoms with Crippen LogP contribution in [0.5, 0.6) is 0 Å². The van der Waals surface area contributed by atoms with Gasteiger partial charge in [0.25, 0.3) is 0 Å². The van der Waals surface area contributed by atoms with E-state index in [-0.39, 0.29) is 11.1 Å².